The Morgan fingerprint density at radius 1 is 1.00 bits per heavy atom. The normalized spacial score (nSPS) is 11.4. The first kappa shape index (κ1) is 18.9. The van der Waals surface area contributed by atoms with Gasteiger partial charge in [0.15, 0.2) is 5.65 Å². The second kappa shape index (κ2) is 7.54. The molecule has 8 nitrogen and oxygen atoms in total. The lowest BCUT2D eigenvalue weighted by molar-refractivity contribution is 0.555. The van der Waals surface area contributed by atoms with Crippen molar-refractivity contribution in [3.63, 3.8) is 0 Å². The van der Waals surface area contributed by atoms with E-state index in [0.29, 0.717) is 36.5 Å². The Hall–Kier alpha value is -3.42. The number of nitrogens with one attached hydrogen (secondary N) is 2. The molecule has 0 unspecified atom stereocenters. The van der Waals surface area contributed by atoms with Crippen molar-refractivity contribution in [3.05, 3.63) is 56.9 Å². The number of hydrogen-bond donors (Lipinski definition) is 2. The van der Waals surface area contributed by atoms with Gasteiger partial charge in [0.25, 0.3) is 5.56 Å². The summed E-state index contributed by atoms with van der Waals surface area (Å²) in [7, 11) is 0. The average molecular weight is 392 g/mol. The molecule has 0 aliphatic rings. The van der Waals surface area contributed by atoms with Gasteiger partial charge in [0.05, 0.1) is 5.56 Å². The van der Waals surface area contributed by atoms with Gasteiger partial charge in [0.1, 0.15) is 17.0 Å². The fourth-order valence-corrected chi connectivity index (χ4v) is 3.65. The number of hydrogen-bond acceptors (Lipinski definition) is 4. The summed E-state index contributed by atoms with van der Waals surface area (Å²) in [4.78, 5) is 33.7. The van der Waals surface area contributed by atoms with Crippen LogP contribution in [0.25, 0.3) is 33.8 Å². The summed E-state index contributed by atoms with van der Waals surface area (Å²) in [5.74, 6) is 0.528. The third-order valence-electron chi connectivity index (χ3n) is 4.99. The predicted molar refractivity (Wildman–Crippen MR) is 113 cm³/mol. The molecule has 0 spiro atoms. The molecule has 29 heavy (non-hydrogen) atoms. The summed E-state index contributed by atoms with van der Waals surface area (Å²) in [5.41, 5.74) is 3.43. The first-order chi connectivity index (χ1) is 14.1. The van der Waals surface area contributed by atoms with Crippen LogP contribution in [-0.4, -0.2) is 29.3 Å². The van der Waals surface area contributed by atoms with Crippen molar-refractivity contribution in [1.29, 1.82) is 0 Å². The third-order valence-corrected chi connectivity index (χ3v) is 4.99. The van der Waals surface area contributed by atoms with E-state index >= 15 is 0 Å². The van der Waals surface area contributed by atoms with E-state index in [1.165, 1.54) is 4.57 Å². The van der Waals surface area contributed by atoms with Crippen molar-refractivity contribution in [2.45, 2.75) is 46.7 Å². The largest absolute Gasteiger partial charge is 0.332 e. The minimum absolute atomic E-state index is 0.309. The van der Waals surface area contributed by atoms with E-state index in [2.05, 4.69) is 20.2 Å². The van der Waals surface area contributed by atoms with Crippen LogP contribution >= 0.6 is 0 Å². The number of fused-ring (bicyclic) bond motifs is 1. The van der Waals surface area contributed by atoms with E-state index in [-0.39, 0.29) is 11.2 Å². The second-order valence-electron chi connectivity index (χ2n) is 7.11. The lowest BCUT2D eigenvalue weighted by Crippen LogP contribution is -2.40. The van der Waals surface area contributed by atoms with Crippen molar-refractivity contribution in [2.75, 3.05) is 0 Å². The number of aromatic nitrogens is 6. The monoisotopic (exact) mass is 392 g/mol. The molecule has 3 aromatic heterocycles. The number of aryl methyl sites for hydroxylation is 2. The number of aromatic amines is 2. The molecule has 0 bridgehead atoms. The highest BCUT2D eigenvalue weighted by Gasteiger charge is 2.21. The van der Waals surface area contributed by atoms with Gasteiger partial charge >= 0.3 is 5.69 Å². The van der Waals surface area contributed by atoms with Crippen LogP contribution in [0.3, 0.4) is 0 Å². The first-order valence-corrected chi connectivity index (χ1v) is 9.90. The molecule has 0 fully saturated rings. The minimum atomic E-state index is -0.333. The molecule has 2 N–H and O–H groups in total. The standard InChI is InChI=1S/C21H24N6O2/c1-4-11-26-19-17(20(28)27(12-5-2)21(26)29)22-18(23-19)15-13(3)24-25-16(15)14-9-7-6-8-10-14/h6-10H,4-5,11-12H2,1-3H3,(H,22,23)(H,24,25). The van der Waals surface area contributed by atoms with E-state index in [4.69, 9.17) is 0 Å². The lowest BCUT2D eigenvalue weighted by atomic mass is 10.1. The summed E-state index contributed by atoms with van der Waals surface area (Å²) >= 11 is 0. The van der Waals surface area contributed by atoms with E-state index in [1.807, 2.05) is 51.1 Å². The van der Waals surface area contributed by atoms with Crippen LogP contribution < -0.4 is 11.2 Å². The van der Waals surface area contributed by atoms with Crippen molar-refractivity contribution in [1.82, 2.24) is 29.3 Å². The van der Waals surface area contributed by atoms with Crippen molar-refractivity contribution in [2.24, 2.45) is 0 Å². The Morgan fingerprint density at radius 2 is 1.69 bits per heavy atom. The van der Waals surface area contributed by atoms with Crippen molar-refractivity contribution < 1.29 is 0 Å². The summed E-state index contributed by atoms with van der Waals surface area (Å²) < 4.78 is 2.88. The second-order valence-corrected chi connectivity index (χ2v) is 7.11. The molecule has 1 aromatic carbocycles. The van der Waals surface area contributed by atoms with Gasteiger partial charge in [-0.05, 0) is 19.8 Å². The van der Waals surface area contributed by atoms with Crippen molar-refractivity contribution in [3.8, 4) is 22.6 Å². The number of nitrogens with zero attached hydrogens (tertiary/aromatic N) is 4. The number of benzene rings is 1. The highest BCUT2D eigenvalue weighted by Crippen LogP contribution is 2.31. The Balaban J connectivity index is 2.00. The molecular formula is C21H24N6O2. The molecule has 0 amide bonds. The van der Waals surface area contributed by atoms with Crippen LogP contribution in [0, 0.1) is 6.92 Å². The van der Waals surface area contributed by atoms with Crippen LogP contribution in [0.4, 0.5) is 0 Å². The first-order valence-electron chi connectivity index (χ1n) is 9.90. The molecule has 3 heterocycles. The van der Waals surface area contributed by atoms with Gasteiger partial charge in [-0.3, -0.25) is 19.0 Å². The quantitative estimate of drug-likeness (QED) is 0.526. The van der Waals surface area contributed by atoms with Crippen LogP contribution in [-0.2, 0) is 13.1 Å². The van der Waals surface area contributed by atoms with Gasteiger partial charge in [-0.2, -0.15) is 5.10 Å². The maximum absolute atomic E-state index is 13.0. The zero-order valence-corrected chi connectivity index (χ0v) is 16.8. The fraction of sp³-hybridized carbons (Fsp3) is 0.333. The molecule has 150 valence electrons. The third kappa shape index (κ3) is 3.10. The van der Waals surface area contributed by atoms with Gasteiger partial charge in [-0.25, -0.2) is 9.78 Å². The Morgan fingerprint density at radius 3 is 2.38 bits per heavy atom. The van der Waals surface area contributed by atoms with Gasteiger partial charge < -0.3 is 4.98 Å². The van der Waals surface area contributed by atoms with Gasteiger partial charge in [0, 0.05) is 24.3 Å². The zero-order valence-electron chi connectivity index (χ0n) is 16.8. The molecule has 4 rings (SSSR count). The topological polar surface area (TPSA) is 101 Å². The fourth-order valence-electron chi connectivity index (χ4n) is 3.65. The van der Waals surface area contributed by atoms with E-state index < -0.39 is 0 Å². The molecule has 0 aliphatic heterocycles. The number of rotatable bonds is 6. The molecule has 0 saturated carbocycles. The molecule has 0 saturated heterocycles. The van der Waals surface area contributed by atoms with Crippen LogP contribution in [0.5, 0.6) is 0 Å². The Labute approximate surface area is 167 Å². The molecule has 0 radical (unpaired) electrons. The van der Waals surface area contributed by atoms with E-state index in [0.717, 1.165) is 28.9 Å². The Bertz CT molecular complexity index is 1280. The van der Waals surface area contributed by atoms with Crippen LogP contribution in [0.15, 0.2) is 39.9 Å². The summed E-state index contributed by atoms with van der Waals surface area (Å²) in [6, 6.07) is 9.80. The summed E-state index contributed by atoms with van der Waals surface area (Å²) in [6.07, 6.45) is 1.47. The average Bonchev–Trinajstić information content (AvgIpc) is 3.33. The molecule has 4 aromatic rings. The number of H-pyrrole nitrogens is 2. The maximum Gasteiger partial charge on any atom is 0.332 e. The highest BCUT2D eigenvalue weighted by atomic mass is 16.2. The smallest absolute Gasteiger partial charge is 0.332 e. The van der Waals surface area contributed by atoms with Crippen LogP contribution in [0.1, 0.15) is 32.4 Å². The molecule has 0 aliphatic carbocycles. The molecular weight excluding hydrogens is 368 g/mol. The highest BCUT2D eigenvalue weighted by molar-refractivity contribution is 5.83. The predicted octanol–water partition coefficient (Wildman–Crippen LogP) is 3.07. The lowest BCUT2D eigenvalue weighted by Gasteiger charge is -2.09. The van der Waals surface area contributed by atoms with Crippen LogP contribution in [0.2, 0.25) is 0 Å². The van der Waals surface area contributed by atoms with E-state index in [9.17, 15) is 9.59 Å². The molecule has 8 heteroatoms. The van der Waals surface area contributed by atoms with Gasteiger partial charge in [0.2, 0.25) is 0 Å². The van der Waals surface area contributed by atoms with Crippen molar-refractivity contribution >= 4 is 11.2 Å². The number of imidazole rings is 1. The maximum atomic E-state index is 13.0. The van der Waals surface area contributed by atoms with Gasteiger partial charge in [-0.1, -0.05) is 44.2 Å². The minimum Gasteiger partial charge on any atom is -0.332 e. The Kier molecular flexibility index (Phi) is 4.92. The molecule has 0 atom stereocenters. The summed E-state index contributed by atoms with van der Waals surface area (Å²) in [6.45, 7) is 6.73. The van der Waals surface area contributed by atoms with E-state index in [1.54, 1.807) is 4.57 Å². The zero-order chi connectivity index (χ0) is 20.5. The van der Waals surface area contributed by atoms with Gasteiger partial charge in [-0.15, -0.1) is 0 Å². The SMILES string of the molecule is CCCn1c(=O)c2[nH]c(-c3c(-c4ccccc4)n[nH]c3C)nc2n(CCC)c1=O. The summed E-state index contributed by atoms with van der Waals surface area (Å²) in [5, 5.41) is 7.46.